The van der Waals surface area contributed by atoms with Crippen LogP contribution in [-0.4, -0.2) is 54.3 Å². The predicted octanol–water partition coefficient (Wildman–Crippen LogP) is 3.67. The van der Waals surface area contributed by atoms with Crippen LogP contribution < -0.4 is 20.7 Å². The SMILES string of the molecule is COCOc1ccc(-c2sc3c(c2CNS(=O)(=O)C(F)(F)F)c(=O)n(CC(=O)O)c(=O)n3Cc2ccccc2SC)cc1. The molecule has 230 valence electrons. The van der Waals surface area contributed by atoms with Gasteiger partial charge in [-0.3, -0.25) is 14.2 Å². The van der Waals surface area contributed by atoms with E-state index in [-0.39, 0.29) is 34.0 Å². The van der Waals surface area contributed by atoms with Crippen molar-refractivity contribution in [2.24, 2.45) is 0 Å². The number of thioether (sulfide) groups is 1. The molecule has 11 nitrogen and oxygen atoms in total. The van der Waals surface area contributed by atoms with Gasteiger partial charge in [-0.15, -0.1) is 23.1 Å². The van der Waals surface area contributed by atoms with E-state index in [4.69, 9.17) is 9.47 Å². The Kier molecular flexibility index (Phi) is 9.70. The van der Waals surface area contributed by atoms with E-state index in [2.05, 4.69) is 0 Å². The van der Waals surface area contributed by atoms with Crippen LogP contribution in [0.4, 0.5) is 13.2 Å². The molecule has 0 saturated carbocycles. The number of hydrogen-bond acceptors (Lipinski definition) is 9. The van der Waals surface area contributed by atoms with E-state index in [0.29, 0.717) is 21.4 Å². The summed E-state index contributed by atoms with van der Waals surface area (Å²) in [5.41, 5.74) is -6.79. The number of sulfonamides is 1. The zero-order valence-electron chi connectivity index (χ0n) is 22.5. The van der Waals surface area contributed by atoms with Gasteiger partial charge in [-0.1, -0.05) is 18.2 Å². The van der Waals surface area contributed by atoms with Crippen LogP contribution in [0.2, 0.25) is 0 Å². The van der Waals surface area contributed by atoms with Gasteiger partial charge < -0.3 is 14.6 Å². The number of thiophene rings is 1. The molecule has 0 aliphatic carbocycles. The number of halogens is 3. The average molecular weight is 660 g/mol. The fourth-order valence-corrected chi connectivity index (χ4v) is 6.63. The Morgan fingerprint density at radius 3 is 2.37 bits per heavy atom. The number of aliphatic carboxylic acids is 1. The highest BCUT2D eigenvalue weighted by Crippen LogP contribution is 2.38. The Balaban J connectivity index is 2.03. The first-order chi connectivity index (χ1) is 20.3. The minimum atomic E-state index is -5.83. The number of carboxylic acid groups (broad SMARTS) is 1. The van der Waals surface area contributed by atoms with E-state index in [1.807, 2.05) is 6.26 Å². The molecule has 0 saturated heterocycles. The number of carboxylic acids is 1. The van der Waals surface area contributed by atoms with Crippen molar-refractivity contribution in [2.75, 3.05) is 20.2 Å². The Bertz CT molecular complexity index is 1880. The first-order valence-electron chi connectivity index (χ1n) is 12.2. The Morgan fingerprint density at radius 1 is 1.09 bits per heavy atom. The number of aromatic nitrogens is 2. The number of methoxy groups -OCH3 is 1. The largest absolute Gasteiger partial charge is 0.511 e. The summed E-state index contributed by atoms with van der Waals surface area (Å²) in [5.74, 6) is -1.11. The molecule has 0 aliphatic heterocycles. The smallest absolute Gasteiger partial charge is 0.480 e. The molecule has 0 fully saturated rings. The van der Waals surface area contributed by atoms with Gasteiger partial charge in [0, 0.05) is 29.0 Å². The molecule has 2 N–H and O–H groups in total. The standard InChI is InChI=1S/C26H24F3N3O8S3/c1-39-14-40-17-9-7-15(8-10-17)22-18(11-30-43(37,38)26(27,28)29)21-23(35)31(13-20(33)34)25(36)32(24(21)42-22)12-16-5-3-4-6-19(16)41-2/h3-10,30H,11-14H2,1-2H3,(H,33,34). The van der Waals surface area contributed by atoms with Crippen molar-refractivity contribution in [3.8, 4) is 16.2 Å². The summed E-state index contributed by atoms with van der Waals surface area (Å²) < 4.78 is 76.8. The van der Waals surface area contributed by atoms with E-state index in [0.717, 1.165) is 16.2 Å². The normalized spacial score (nSPS) is 12.1. The van der Waals surface area contributed by atoms with Crippen LogP contribution in [-0.2, 0) is 39.2 Å². The van der Waals surface area contributed by atoms with Crippen LogP contribution in [0.15, 0.2) is 63.0 Å². The number of nitrogens with zero attached hydrogens (tertiary/aromatic N) is 2. The van der Waals surface area contributed by atoms with Gasteiger partial charge in [-0.25, -0.2) is 22.5 Å². The molecule has 0 amide bonds. The van der Waals surface area contributed by atoms with Crippen LogP contribution in [0.5, 0.6) is 5.75 Å². The summed E-state index contributed by atoms with van der Waals surface area (Å²) >= 11 is 2.28. The minimum Gasteiger partial charge on any atom is -0.480 e. The van der Waals surface area contributed by atoms with Crippen molar-refractivity contribution < 1.29 is 41.0 Å². The lowest BCUT2D eigenvalue weighted by molar-refractivity contribution is -0.137. The molecule has 0 unspecified atom stereocenters. The third-order valence-corrected chi connectivity index (χ3v) is 9.45. The van der Waals surface area contributed by atoms with Crippen LogP contribution in [0, 0.1) is 0 Å². The second-order valence-corrected chi connectivity index (χ2v) is 12.5. The summed E-state index contributed by atoms with van der Waals surface area (Å²) in [6.45, 7) is -2.16. The summed E-state index contributed by atoms with van der Waals surface area (Å²) in [6.07, 6.45) is 1.82. The highest BCUT2D eigenvalue weighted by Gasteiger charge is 2.45. The third kappa shape index (κ3) is 6.80. The second-order valence-electron chi connectivity index (χ2n) is 8.90. The van der Waals surface area contributed by atoms with Crippen LogP contribution in [0.25, 0.3) is 20.7 Å². The first kappa shape index (κ1) is 32.3. The topological polar surface area (TPSA) is 146 Å². The molecular formula is C26H24F3N3O8S3. The lowest BCUT2D eigenvalue weighted by Gasteiger charge is -2.14. The average Bonchev–Trinajstić information content (AvgIpc) is 3.34. The van der Waals surface area contributed by atoms with Crippen molar-refractivity contribution in [3.63, 3.8) is 0 Å². The minimum absolute atomic E-state index is 0.0310. The lowest BCUT2D eigenvalue weighted by Crippen LogP contribution is -2.42. The Hall–Kier alpha value is -3.64. The molecule has 2 aromatic heterocycles. The molecule has 43 heavy (non-hydrogen) atoms. The number of benzene rings is 2. The fourth-order valence-electron chi connectivity index (χ4n) is 4.22. The lowest BCUT2D eigenvalue weighted by atomic mass is 10.1. The molecule has 0 aliphatic rings. The predicted molar refractivity (Wildman–Crippen MR) is 155 cm³/mol. The molecule has 0 bridgehead atoms. The molecule has 4 aromatic rings. The van der Waals surface area contributed by atoms with Gasteiger partial charge >= 0.3 is 27.2 Å². The molecule has 0 radical (unpaired) electrons. The van der Waals surface area contributed by atoms with E-state index < -0.39 is 45.8 Å². The Labute approximate surface area is 250 Å². The first-order valence-corrected chi connectivity index (χ1v) is 15.7. The molecule has 2 heterocycles. The maximum absolute atomic E-state index is 13.6. The van der Waals surface area contributed by atoms with Crippen molar-refractivity contribution in [1.29, 1.82) is 0 Å². The third-order valence-electron chi connectivity index (χ3n) is 6.17. The van der Waals surface area contributed by atoms with E-state index in [1.54, 1.807) is 36.4 Å². The number of rotatable bonds is 12. The van der Waals surface area contributed by atoms with Gasteiger partial charge in [0.1, 0.15) is 17.1 Å². The summed E-state index contributed by atoms with van der Waals surface area (Å²) in [4.78, 5) is 39.8. The maximum atomic E-state index is 13.6. The van der Waals surface area contributed by atoms with Crippen molar-refractivity contribution >= 4 is 49.3 Å². The van der Waals surface area contributed by atoms with Gasteiger partial charge in [-0.2, -0.15) is 13.2 Å². The molecule has 4 rings (SSSR count). The summed E-state index contributed by atoms with van der Waals surface area (Å²) in [7, 11) is -4.41. The number of alkyl halides is 3. The highest BCUT2D eigenvalue weighted by atomic mass is 32.2. The van der Waals surface area contributed by atoms with E-state index >= 15 is 0 Å². The van der Waals surface area contributed by atoms with Gasteiger partial charge in [-0.05, 0) is 47.7 Å². The molecular weight excluding hydrogens is 635 g/mol. The van der Waals surface area contributed by atoms with Crippen molar-refractivity contribution in [3.05, 3.63) is 80.5 Å². The van der Waals surface area contributed by atoms with Crippen LogP contribution in [0.1, 0.15) is 11.1 Å². The molecule has 2 aromatic carbocycles. The van der Waals surface area contributed by atoms with Gasteiger partial charge in [0.2, 0.25) is 0 Å². The van der Waals surface area contributed by atoms with Crippen LogP contribution in [0.3, 0.4) is 0 Å². The van der Waals surface area contributed by atoms with E-state index in [1.165, 1.54) is 40.3 Å². The van der Waals surface area contributed by atoms with Crippen molar-refractivity contribution in [2.45, 2.75) is 30.0 Å². The van der Waals surface area contributed by atoms with Crippen LogP contribution >= 0.6 is 23.1 Å². The van der Waals surface area contributed by atoms with Gasteiger partial charge in [0.05, 0.1) is 11.9 Å². The zero-order valence-corrected chi connectivity index (χ0v) is 25.0. The second kappa shape index (κ2) is 12.9. The highest BCUT2D eigenvalue weighted by molar-refractivity contribution is 7.98. The summed E-state index contributed by atoms with van der Waals surface area (Å²) in [6, 6.07) is 13.2. The monoisotopic (exact) mass is 659 g/mol. The van der Waals surface area contributed by atoms with E-state index in [9.17, 15) is 41.1 Å². The zero-order chi connectivity index (χ0) is 31.5. The van der Waals surface area contributed by atoms with Crippen molar-refractivity contribution in [1.82, 2.24) is 13.9 Å². The molecule has 17 heteroatoms. The maximum Gasteiger partial charge on any atom is 0.511 e. The Morgan fingerprint density at radius 2 is 1.77 bits per heavy atom. The van der Waals surface area contributed by atoms with Gasteiger partial charge in [0.15, 0.2) is 6.79 Å². The number of hydrogen-bond donors (Lipinski definition) is 2. The fraction of sp³-hybridized carbons (Fsp3) is 0.269. The summed E-state index contributed by atoms with van der Waals surface area (Å²) in [5, 5.41) is 9.16. The molecule has 0 spiro atoms. The number of nitrogens with one attached hydrogen (secondary N) is 1. The number of ether oxygens (including phenoxy) is 2. The number of fused-ring (bicyclic) bond motifs is 1. The van der Waals surface area contributed by atoms with Gasteiger partial charge in [0.25, 0.3) is 5.56 Å². The quantitative estimate of drug-likeness (QED) is 0.172. The molecule has 0 atom stereocenters. The number of carbonyl (C=O) groups is 1.